The molecule has 0 saturated heterocycles. The van der Waals surface area contributed by atoms with Gasteiger partial charge >= 0.3 is 23.9 Å². The number of ether oxygens (including phenoxy) is 2. The maximum atomic E-state index is 11.3. The van der Waals surface area contributed by atoms with Crippen LogP contribution < -0.4 is 0 Å². The quantitative estimate of drug-likeness (QED) is 0.370. The molecule has 22 heavy (non-hydrogen) atoms. The van der Waals surface area contributed by atoms with E-state index < -0.39 is 43.0 Å². The molecule has 9 nitrogen and oxygen atoms in total. The Labute approximate surface area is 123 Å². The molecular weight excluding hydrogens is 300 g/mol. The van der Waals surface area contributed by atoms with Crippen molar-refractivity contribution in [2.24, 2.45) is 0 Å². The summed E-state index contributed by atoms with van der Waals surface area (Å²) in [5, 5.41) is 26.1. The van der Waals surface area contributed by atoms with Gasteiger partial charge in [0.25, 0.3) is 6.29 Å². The van der Waals surface area contributed by atoms with Gasteiger partial charge in [-0.05, 0) is 24.3 Å². The molecule has 0 saturated carbocycles. The summed E-state index contributed by atoms with van der Waals surface area (Å²) in [5.74, 6) is -5.32. The molecule has 0 unspecified atom stereocenters. The van der Waals surface area contributed by atoms with Gasteiger partial charge in [0.15, 0.2) is 0 Å². The smallest absolute Gasteiger partial charge is 0.320 e. The first kappa shape index (κ1) is 17.0. The fraction of sp³-hybridized carbons (Fsp3) is 0.231. The van der Waals surface area contributed by atoms with Crippen molar-refractivity contribution in [3.8, 4) is 5.75 Å². The van der Waals surface area contributed by atoms with Gasteiger partial charge in [-0.25, -0.2) is 0 Å². The fourth-order valence-electron chi connectivity index (χ4n) is 1.36. The Morgan fingerprint density at radius 1 is 0.864 bits per heavy atom. The van der Waals surface area contributed by atoms with Crippen LogP contribution in [0.25, 0.3) is 0 Å². The van der Waals surface area contributed by atoms with Crippen molar-refractivity contribution < 1.29 is 44.0 Å². The van der Waals surface area contributed by atoms with E-state index in [1.807, 2.05) is 0 Å². The topological polar surface area (TPSA) is 147 Å². The molecule has 0 fully saturated rings. The zero-order valence-electron chi connectivity index (χ0n) is 11.1. The lowest BCUT2D eigenvalue weighted by Crippen LogP contribution is -2.21. The van der Waals surface area contributed by atoms with Crippen LogP contribution >= 0.6 is 0 Å². The zero-order chi connectivity index (χ0) is 16.7. The number of phenolic OH excluding ortho intramolecular Hbond substituents is 1. The van der Waals surface area contributed by atoms with Gasteiger partial charge in [-0.1, -0.05) is 0 Å². The fourth-order valence-corrected chi connectivity index (χ4v) is 1.36. The maximum Gasteiger partial charge on any atom is 0.320 e. The second kappa shape index (κ2) is 7.62. The molecule has 0 atom stereocenters. The van der Waals surface area contributed by atoms with E-state index in [0.717, 1.165) is 0 Å². The van der Waals surface area contributed by atoms with E-state index in [2.05, 4.69) is 0 Å². The molecule has 118 valence electrons. The van der Waals surface area contributed by atoms with E-state index in [-0.39, 0.29) is 11.3 Å². The Morgan fingerprint density at radius 2 is 1.27 bits per heavy atom. The van der Waals surface area contributed by atoms with Crippen LogP contribution in [0.3, 0.4) is 0 Å². The Balaban J connectivity index is 2.86. The molecule has 1 rings (SSSR count). The summed E-state index contributed by atoms with van der Waals surface area (Å²) in [6.07, 6.45) is -3.52. The van der Waals surface area contributed by atoms with E-state index in [1.165, 1.54) is 24.3 Å². The number of rotatable bonds is 7. The molecule has 0 bridgehead atoms. The van der Waals surface area contributed by atoms with Gasteiger partial charge in [-0.15, -0.1) is 0 Å². The van der Waals surface area contributed by atoms with Crippen molar-refractivity contribution in [2.45, 2.75) is 19.1 Å². The Hall–Kier alpha value is -3.10. The molecule has 0 spiro atoms. The minimum absolute atomic E-state index is 0.101. The average molecular weight is 312 g/mol. The second-order valence-electron chi connectivity index (χ2n) is 4.04. The summed E-state index contributed by atoms with van der Waals surface area (Å²) in [6.45, 7) is 0. The number of carboxylic acids is 2. The van der Waals surface area contributed by atoms with E-state index in [0.29, 0.717) is 0 Å². The van der Waals surface area contributed by atoms with Crippen LogP contribution in [0.5, 0.6) is 5.75 Å². The Morgan fingerprint density at radius 3 is 1.64 bits per heavy atom. The van der Waals surface area contributed by atoms with Crippen molar-refractivity contribution in [2.75, 3.05) is 0 Å². The largest absolute Gasteiger partial charge is 0.508 e. The zero-order valence-corrected chi connectivity index (χ0v) is 11.1. The number of aliphatic carboxylic acids is 2. The Bertz CT molecular complexity index is 546. The second-order valence-corrected chi connectivity index (χ2v) is 4.04. The molecule has 0 amide bonds. The molecule has 1 aromatic carbocycles. The van der Waals surface area contributed by atoms with Crippen LogP contribution in [0.15, 0.2) is 24.3 Å². The van der Waals surface area contributed by atoms with Gasteiger partial charge in [0.2, 0.25) is 0 Å². The SMILES string of the molecule is O=C(O)CC(=O)OC(OC(=O)CC(=O)O)c1ccc(O)cc1. The van der Waals surface area contributed by atoms with Crippen molar-refractivity contribution in [1.82, 2.24) is 0 Å². The predicted octanol–water partition coefficient (Wildman–Crippen LogP) is 0.427. The number of aromatic hydroxyl groups is 1. The number of carbonyl (C=O) groups excluding carboxylic acids is 2. The van der Waals surface area contributed by atoms with E-state index in [9.17, 15) is 19.2 Å². The highest BCUT2D eigenvalue weighted by Crippen LogP contribution is 2.22. The van der Waals surface area contributed by atoms with Crippen LogP contribution in [0.4, 0.5) is 0 Å². The highest BCUT2D eigenvalue weighted by Gasteiger charge is 2.23. The third-order valence-electron chi connectivity index (χ3n) is 2.23. The molecule has 0 radical (unpaired) electrons. The third-order valence-corrected chi connectivity index (χ3v) is 2.23. The standard InChI is InChI=1S/C13H12O9/c14-8-3-1-7(2-4-8)13(21-11(19)5-9(15)16)22-12(20)6-10(17)18/h1-4,13-14H,5-6H2,(H,15,16)(H,17,18). The lowest BCUT2D eigenvalue weighted by molar-refractivity contribution is -0.190. The molecule has 1 aromatic rings. The molecule has 9 heteroatoms. The molecular formula is C13H12O9. The lowest BCUT2D eigenvalue weighted by atomic mass is 10.2. The number of phenols is 1. The monoisotopic (exact) mass is 312 g/mol. The number of hydrogen-bond donors (Lipinski definition) is 3. The molecule has 3 N–H and O–H groups in total. The van der Waals surface area contributed by atoms with E-state index in [1.54, 1.807) is 0 Å². The number of benzene rings is 1. The van der Waals surface area contributed by atoms with Crippen molar-refractivity contribution in [3.63, 3.8) is 0 Å². The van der Waals surface area contributed by atoms with Crippen LogP contribution in [-0.2, 0) is 28.7 Å². The van der Waals surface area contributed by atoms with Gasteiger partial charge in [0, 0.05) is 5.56 Å². The van der Waals surface area contributed by atoms with Crippen LogP contribution in [0.2, 0.25) is 0 Å². The first-order valence-electron chi connectivity index (χ1n) is 5.89. The highest BCUT2D eigenvalue weighted by atomic mass is 16.7. The maximum absolute atomic E-state index is 11.3. The van der Waals surface area contributed by atoms with Crippen LogP contribution in [0.1, 0.15) is 24.7 Å². The normalized spacial score (nSPS) is 10.0. The average Bonchev–Trinajstić information content (AvgIpc) is 2.36. The first-order valence-corrected chi connectivity index (χ1v) is 5.89. The lowest BCUT2D eigenvalue weighted by Gasteiger charge is -2.18. The van der Waals surface area contributed by atoms with Gasteiger partial charge in [0.1, 0.15) is 18.6 Å². The predicted molar refractivity (Wildman–Crippen MR) is 67.5 cm³/mol. The van der Waals surface area contributed by atoms with Crippen molar-refractivity contribution in [3.05, 3.63) is 29.8 Å². The number of esters is 2. The molecule has 0 aliphatic rings. The Kier molecular flexibility index (Phi) is 5.87. The summed E-state index contributed by atoms with van der Waals surface area (Å²) >= 11 is 0. The van der Waals surface area contributed by atoms with Crippen LogP contribution in [-0.4, -0.2) is 39.2 Å². The summed E-state index contributed by atoms with van der Waals surface area (Å²) in [4.78, 5) is 43.5. The van der Waals surface area contributed by atoms with Crippen molar-refractivity contribution >= 4 is 23.9 Å². The molecule has 0 aliphatic heterocycles. The van der Waals surface area contributed by atoms with Gasteiger partial charge in [-0.3, -0.25) is 19.2 Å². The van der Waals surface area contributed by atoms with Gasteiger partial charge < -0.3 is 24.8 Å². The first-order chi connectivity index (χ1) is 10.3. The highest BCUT2D eigenvalue weighted by molar-refractivity contribution is 5.91. The van der Waals surface area contributed by atoms with Crippen LogP contribution in [0, 0.1) is 0 Å². The van der Waals surface area contributed by atoms with Gasteiger partial charge in [-0.2, -0.15) is 0 Å². The molecule has 0 aromatic heterocycles. The minimum atomic E-state index is -1.61. The summed E-state index contributed by atoms with van der Waals surface area (Å²) in [7, 11) is 0. The molecule has 0 heterocycles. The summed E-state index contributed by atoms with van der Waals surface area (Å²) < 4.78 is 9.40. The minimum Gasteiger partial charge on any atom is -0.508 e. The third kappa shape index (κ3) is 5.90. The van der Waals surface area contributed by atoms with E-state index in [4.69, 9.17) is 24.8 Å². The summed E-state index contributed by atoms with van der Waals surface area (Å²) in [6, 6.07) is 4.97. The number of hydrogen-bond acceptors (Lipinski definition) is 7. The number of carboxylic acid groups (broad SMARTS) is 2. The van der Waals surface area contributed by atoms with Crippen molar-refractivity contribution in [1.29, 1.82) is 0 Å². The summed E-state index contributed by atoms with van der Waals surface area (Å²) in [5.41, 5.74) is 0.121. The van der Waals surface area contributed by atoms with Gasteiger partial charge in [0.05, 0.1) is 0 Å². The van der Waals surface area contributed by atoms with E-state index >= 15 is 0 Å². The number of carbonyl (C=O) groups is 4. The molecule has 0 aliphatic carbocycles.